The molecule has 0 heterocycles. The molecule has 96 valence electrons. The first-order chi connectivity index (χ1) is 7.18. The van der Waals surface area contributed by atoms with Crippen molar-refractivity contribution in [1.82, 2.24) is 4.72 Å². The van der Waals surface area contributed by atoms with Crippen molar-refractivity contribution in [1.29, 1.82) is 0 Å². The molecule has 1 rings (SSSR count). The lowest BCUT2D eigenvalue weighted by atomic mass is 10.0. The van der Waals surface area contributed by atoms with Crippen LogP contribution in [-0.4, -0.2) is 31.4 Å². The van der Waals surface area contributed by atoms with Crippen LogP contribution in [0.3, 0.4) is 0 Å². The van der Waals surface area contributed by atoms with Crippen molar-refractivity contribution >= 4 is 10.0 Å². The molecule has 0 aliphatic heterocycles. The van der Waals surface area contributed by atoms with Gasteiger partial charge in [0.15, 0.2) is 0 Å². The van der Waals surface area contributed by atoms with Crippen molar-refractivity contribution in [2.24, 2.45) is 5.41 Å². The largest absolute Gasteiger partial charge is 0.394 e. The standard InChI is InChI=1S/C11H23NO3S/c1-10(2,3)9-16(14,15)12-11(8-13)6-4-5-7-11/h12-13H,4-9H2,1-3H3. The van der Waals surface area contributed by atoms with E-state index in [-0.39, 0.29) is 17.8 Å². The van der Waals surface area contributed by atoms with Gasteiger partial charge >= 0.3 is 0 Å². The van der Waals surface area contributed by atoms with Crippen LogP contribution in [0.2, 0.25) is 0 Å². The van der Waals surface area contributed by atoms with E-state index in [9.17, 15) is 13.5 Å². The van der Waals surface area contributed by atoms with Gasteiger partial charge in [0.1, 0.15) is 0 Å². The maximum Gasteiger partial charge on any atom is 0.212 e. The maximum absolute atomic E-state index is 11.9. The average Bonchev–Trinajstić information content (AvgIpc) is 2.48. The molecule has 1 aliphatic carbocycles. The molecule has 0 aromatic carbocycles. The zero-order chi connectivity index (χ0) is 12.4. The highest BCUT2D eigenvalue weighted by molar-refractivity contribution is 7.89. The number of hydrogen-bond acceptors (Lipinski definition) is 3. The van der Waals surface area contributed by atoms with Gasteiger partial charge in [-0.05, 0) is 18.3 Å². The molecule has 1 aliphatic rings. The Morgan fingerprint density at radius 3 is 2.12 bits per heavy atom. The smallest absolute Gasteiger partial charge is 0.212 e. The van der Waals surface area contributed by atoms with E-state index >= 15 is 0 Å². The molecule has 0 saturated heterocycles. The predicted molar refractivity (Wildman–Crippen MR) is 64.7 cm³/mol. The van der Waals surface area contributed by atoms with Gasteiger partial charge in [0.25, 0.3) is 0 Å². The molecule has 1 saturated carbocycles. The Kier molecular flexibility index (Phi) is 4.03. The Labute approximate surface area is 98.5 Å². The summed E-state index contributed by atoms with van der Waals surface area (Å²) in [6, 6.07) is 0. The quantitative estimate of drug-likeness (QED) is 0.788. The van der Waals surface area contributed by atoms with Gasteiger partial charge in [-0.3, -0.25) is 0 Å². The summed E-state index contributed by atoms with van der Waals surface area (Å²) in [5.74, 6) is 0.0990. The topological polar surface area (TPSA) is 66.4 Å². The highest BCUT2D eigenvalue weighted by Gasteiger charge is 2.37. The van der Waals surface area contributed by atoms with E-state index in [0.29, 0.717) is 0 Å². The van der Waals surface area contributed by atoms with Crippen LogP contribution >= 0.6 is 0 Å². The van der Waals surface area contributed by atoms with Gasteiger partial charge < -0.3 is 5.11 Å². The SMILES string of the molecule is CC(C)(C)CS(=O)(=O)NC1(CO)CCCC1. The minimum Gasteiger partial charge on any atom is -0.394 e. The highest BCUT2D eigenvalue weighted by atomic mass is 32.2. The Morgan fingerprint density at radius 1 is 1.25 bits per heavy atom. The van der Waals surface area contributed by atoms with Gasteiger partial charge in [-0.1, -0.05) is 33.6 Å². The van der Waals surface area contributed by atoms with E-state index in [2.05, 4.69) is 4.72 Å². The van der Waals surface area contributed by atoms with Crippen molar-refractivity contribution in [3.05, 3.63) is 0 Å². The van der Waals surface area contributed by atoms with Crippen molar-refractivity contribution in [3.8, 4) is 0 Å². The number of nitrogens with one attached hydrogen (secondary N) is 1. The summed E-state index contributed by atoms with van der Waals surface area (Å²) in [4.78, 5) is 0. The van der Waals surface area contributed by atoms with Gasteiger partial charge in [0.05, 0.1) is 17.9 Å². The second-order valence-electron chi connectivity index (χ2n) is 6.07. The molecule has 0 atom stereocenters. The van der Waals surface area contributed by atoms with E-state index < -0.39 is 15.6 Å². The molecule has 4 nitrogen and oxygen atoms in total. The second kappa shape index (κ2) is 4.63. The number of rotatable bonds is 4. The lowest BCUT2D eigenvalue weighted by Crippen LogP contribution is -2.50. The minimum absolute atomic E-state index is 0.0990. The fourth-order valence-corrected chi connectivity index (χ4v) is 4.42. The molecular weight excluding hydrogens is 226 g/mol. The Morgan fingerprint density at radius 2 is 1.75 bits per heavy atom. The molecule has 0 amide bonds. The molecule has 0 spiro atoms. The van der Waals surface area contributed by atoms with E-state index in [1.807, 2.05) is 20.8 Å². The summed E-state index contributed by atoms with van der Waals surface area (Å²) in [6.07, 6.45) is 3.46. The van der Waals surface area contributed by atoms with Crippen LogP contribution in [-0.2, 0) is 10.0 Å². The van der Waals surface area contributed by atoms with Gasteiger partial charge in [0, 0.05) is 0 Å². The van der Waals surface area contributed by atoms with Crippen LogP contribution in [0.5, 0.6) is 0 Å². The van der Waals surface area contributed by atoms with Crippen molar-refractivity contribution < 1.29 is 13.5 Å². The highest BCUT2D eigenvalue weighted by Crippen LogP contribution is 2.30. The fraction of sp³-hybridized carbons (Fsp3) is 1.00. The van der Waals surface area contributed by atoms with E-state index in [1.165, 1.54) is 0 Å². The molecule has 0 bridgehead atoms. The normalized spacial score (nSPS) is 21.2. The third-order valence-corrected chi connectivity index (χ3v) is 4.85. The molecule has 0 unspecified atom stereocenters. The molecule has 0 aromatic rings. The van der Waals surface area contributed by atoms with Crippen LogP contribution in [0.4, 0.5) is 0 Å². The molecular formula is C11H23NO3S. The molecule has 1 fully saturated rings. The zero-order valence-corrected chi connectivity index (χ0v) is 11.2. The molecule has 16 heavy (non-hydrogen) atoms. The summed E-state index contributed by atoms with van der Waals surface area (Å²) >= 11 is 0. The van der Waals surface area contributed by atoms with Gasteiger partial charge in [-0.15, -0.1) is 0 Å². The zero-order valence-electron chi connectivity index (χ0n) is 10.4. The number of aliphatic hydroxyl groups is 1. The van der Waals surface area contributed by atoms with E-state index in [4.69, 9.17) is 0 Å². The lowest BCUT2D eigenvalue weighted by molar-refractivity contribution is 0.185. The first-order valence-electron chi connectivity index (χ1n) is 5.81. The van der Waals surface area contributed by atoms with Crippen molar-refractivity contribution in [2.75, 3.05) is 12.4 Å². The Bertz CT molecular complexity index is 324. The van der Waals surface area contributed by atoms with Crippen LogP contribution in [0, 0.1) is 5.41 Å². The van der Waals surface area contributed by atoms with E-state index in [0.717, 1.165) is 25.7 Å². The second-order valence-corrected chi connectivity index (χ2v) is 7.79. The molecule has 0 aromatic heterocycles. The van der Waals surface area contributed by atoms with Gasteiger partial charge in [-0.25, -0.2) is 13.1 Å². The summed E-state index contributed by atoms with van der Waals surface area (Å²) in [5.41, 5.74) is -0.856. The van der Waals surface area contributed by atoms with Crippen LogP contribution in [0.15, 0.2) is 0 Å². The third-order valence-electron chi connectivity index (χ3n) is 2.86. The summed E-state index contributed by atoms with van der Waals surface area (Å²) < 4.78 is 26.6. The predicted octanol–water partition coefficient (Wildman–Crippen LogP) is 1.26. The van der Waals surface area contributed by atoms with Crippen molar-refractivity contribution in [2.45, 2.75) is 52.0 Å². The Hall–Kier alpha value is -0.130. The number of sulfonamides is 1. The molecule has 0 radical (unpaired) electrons. The van der Waals surface area contributed by atoms with Crippen LogP contribution < -0.4 is 4.72 Å². The van der Waals surface area contributed by atoms with Crippen LogP contribution in [0.1, 0.15) is 46.5 Å². The molecule has 2 N–H and O–H groups in total. The summed E-state index contributed by atoms with van der Waals surface area (Å²) in [5, 5.41) is 9.35. The average molecular weight is 249 g/mol. The van der Waals surface area contributed by atoms with Crippen molar-refractivity contribution in [3.63, 3.8) is 0 Å². The number of hydrogen-bond donors (Lipinski definition) is 2. The monoisotopic (exact) mass is 249 g/mol. The lowest BCUT2D eigenvalue weighted by Gasteiger charge is -2.29. The summed E-state index contributed by atoms with van der Waals surface area (Å²) in [6.45, 7) is 5.59. The number of aliphatic hydroxyl groups excluding tert-OH is 1. The molecule has 5 heteroatoms. The Balaban J connectivity index is 2.71. The first kappa shape index (κ1) is 13.9. The summed E-state index contributed by atoms with van der Waals surface area (Å²) in [7, 11) is -3.30. The van der Waals surface area contributed by atoms with Crippen LogP contribution in [0.25, 0.3) is 0 Å². The third kappa shape index (κ3) is 4.03. The minimum atomic E-state index is -3.30. The van der Waals surface area contributed by atoms with Gasteiger partial charge in [0.2, 0.25) is 10.0 Å². The maximum atomic E-state index is 11.9. The van der Waals surface area contributed by atoms with Gasteiger partial charge in [-0.2, -0.15) is 0 Å². The first-order valence-corrected chi connectivity index (χ1v) is 7.46. The van der Waals surface area contributed by atoms with E-state index in [1.54, 1.807) is 0 Å². The fourth-order valence-electron chi connectivity index (χ4n) is 2.28.